The van der Waals surface area contributed by atoms with Crippen LogP contribution in [0.15, 0.2) is 94.2 Å². The van der Waals surface area contributed by atoms with Crippen molar-refractivity contribution in [1.29, 1.82) is 0 Å². The lowest BCUT2D eigenvalue weighted by Crippen LogP contribution is -2.54. The van der Waals surface area contributed by atoms with Crippen LogP contribution in [0.4, 0.5) is 15.8 Å². The number of rotatable bonds is 6. The van der Waals surface area contributed by atoms with Crippen LogP contribution in [0.5, 0.6) is 0 Å². The lowest BCUT2D eigenvalue weighted by Gasteiger charge is -2.28. The van der Waals surface area contributed by atoms with E-state index in [0.717, 1.165) is 26.9 Å². The van der Waals surface area contributed by atoms with Crippen LogP contribution < -0.4 is 10.2 Å². The van der Waals surface area contributed by atoms with Gasteiger partial charge in [-0.2, -0.15) is 0 Å². The van der Waals surface area contributed by atoms with Crippen LogP contribution in [-0.4, -0.2) is 26.4 Å². The molecule has 4 aromatic rings. The molecular formula is C29H21FN4O4S2. The van der Waals surface area contributed by atoms with Crippen LogP contribution in [0.25, 0.3) is 11.8 Å². The first kappa shape index (κ1) is 27.0. The number of carbonyl (C=O) groups excluding carboxylic acids is 2. The van der Waals surface area contributed by atoms with E-state index in [0.29, 0.717) is 11.3 Å². The number of benzene rings is 3. The summed E-state index contributed by atoms with van der Waals surface area (Å²) in [6.07, 6.45) is 1.54. The Morgan fingerprint density at radius 3 is 2.10 bits per heavy atom. The predicted molar refractivity (Wildman–Crippen MR) is 155 cm³/mol. The molecule has 0 unspecified atom stereocenters. The second-order valence-corrected chi connectivity index (χ2v) is 10.5. The van der Waals surface area contributed by atoms with Gasteiger partial charge in [-0.25, -0.2) is 4.39 Å². The zero-order valence-electron chi connectivity index (χ0n) is 21.3. The van der Waals surface area contributed by atoms with Crippen molar-refractivity contribution in [3.05, 3.63) is 117 Å². The summed E-state index contributed by atoms with van der Waals surface area (Å²) < 4.78 is 15.4. The Morgan fingerprint density at radius 2 is 1.50 bits per heavy atom. The summed E-state index contributed by atoms with van der Waals surface area (Å²) in [5.74, 6) is -1.66. The summed E-state index contributed by atoms with van der Waals surface area (Å²) in [7, 11) is 0. The SMILES string of the molecule is Cc1cc(C=C2C(=O)NC(=S)N(c3ccc(F)cc3)C2=O)c(C)n1-c1ccc(Sc2ccc([N+](=O)[O-])cc2)cc1. The van der Waals surface area contributed by atoms with Crippen LogP contribution in [0, 0.1) is 29.8 Å². The molecule has 200 valence electrons. The first-order chi connectivity index (χ1) is 19.1. The molecule has 1 fully saturated rings. The standard InChI is InChI=1S/C29H21FN4O4S2/c1-17-15-19(16-26-27(35)31-29(39)33(28(26)36)22-5-3-20(30)4-6-22)18(2)32(17)21-7-11-24(12-8-21)40-25-13-9-23(10-14-25)34(37)38/h3-16H,1-2H3,(H,31,35,39). The molecule has 0 saturated carbocycles. The van der Waals surface area contributed by atoms with Crippen molar-refractivity contribution in [2.45, 2.75) is 23.6 Å². The quantitative estimate of drug-likeness (QED) is 0.0983. The fourth-order valence-electron chi connectivity index (χ4n) is 4.40. The molecule has 1 aliphatic heterocycles. The summed E-state index contributed by atoms with van der Waals surface area (Å²) in [5, 5.41) is 13.3. The number of nitrogens with one attached hydrogen (secondary N) is 1. The third kappa shape index (κ3) is 5.29. The lowest BCUT2D eigenvalue weighted by molar-refractivity contribution is -0.384. The fourth-order valence-corrected chi connectivity index (χ4v) is 5.50. The first-order valence-corrected chi connectivity index (χ1v) is 13.2. The molecule has 40 heavy (non-hydrogen) atoms. The fraction of sp³-hybridized carbons (Fsp3) is 0.0690. The number of hydrogen-bond donors (Lipinski definition) is 1. The van der Waals surface area contributed by atoms with Crippen molar-refractivity contribution >= 4 is 58.4 Å². The first-order valence-electron chi connectivity index (χ1n) is 12.0. The van der Waals surface area contributed by atoms with Crippen LogP contribution >= 0.6 is 24.0 Å². The average Bonchev–Trinajstić information content (AvgIpc) is 3.20. The number of aryl methyl sites for hydroxylation is 1. The summed E-state index contributed by atoms with van der Waals surface area (Å²) in [6.45, 7) is 3.82. The van der Waals surface area contributed by atoms with Crippen molar-refractivity contribution in [2.24, 2.45) is 0 Å². The van der Waals surface area contributed by atoms with E-state index in [4.69, 9.17) is 12.2 Å². The second-order valence-electron chi connectivity index (χ2n) is 8.94. The second kappa shape index (κ2) is 10.9. The van der Waals surface area contributed by atoms with Gasteiger partial charge >= 0.3 is 0 Å². The van der Waals surface area contributed by atoms with Gasteiger partial charge in [-0.1, -0.05) is 11.8 Å². The molecule has 1 aromatic heterocycles. The molecule has 5 rings (SSSR count). The summed E-state index contributed by atoms with van der Waals surface area (Å²) in [5.41, 5.74) is 3.60. The van der Waals surface area contributed by atoms with Gasteiger partial charge in [0.25, 0.3) is 17.5 Å². The molecule has 3 aromatic carbocycles. The number of thiocarbonyl (C=S) groups is 1. The van der Waals surface area contributed by atoms with Gasteiger partial charge in [-0.3, -0.25) is 29.9 Å². The van der Waals surface area contributed by atoms with Crippen molar-refractivity contribution < 1.29 is 18.9 Å². The summed E-state index contributed by atoms with van der Waals surface area (Å²) >= 11 is 6.70. The van der Waals surface area contributed by atoms with E-state index in [1.165, 1.54) is 59.1 Å². The predicted octanol–water partition coefficient (Wildman–Crippen LogP) is 6.12. The highest BCUT2D eigenvalue weighted by atomic mass is 32.2. The van der Waals surface area contributed by atoms with Gasteiger partial charge in [0.2, 0.25) is 0 Å². The highest BCUT2D eigenvalue weighted by Crippen LogP contribution is 2.31. The monoisotopic (exact) mass is 572 g/mol. The van der Waals surface area contributed by atoms with Gasteiger partial charge in [-0.05, 0) is 104 Å². The minimum Gasteiger partial charge on any atom is -0.318 e. The Bertz CT molecular complexity index is 1700. The normalized spacial score (nSPS) is 14.5. The Hall–Kier alpha value is -4.61. The molecule has 0 atom stereocenters. The number of nitrogens with zero attached hydrogens (tertiary/aromatic N) is 3. The maximum Gasteiger partial charge on any atom is 0.270 e. The van der Waals surface area contributed by atoms with Gasteiger partial charge in [0.05, 0.1) is 10.6 Å². The zero-order valence-corrected chi connectivity index (χ0v) is 22.9. The smallest absolute Gasteiger partial charge is 0.270 e. The van der Waals surface area contributed by atoms with E-state index >= 15 is 0 Å². The minimum atomic E-state index is -0.606. The molecule has 0 bridgehead atoms. The average molecular weight is 573 g/mol. The number of carbonyl (C=O) groups is 2. The van der Waals surface area contributed by atoms with Crippen LogP contribution in [0.1, 0.15) is 17.0 Å². The van der Waals surface area contributed by atoms with Gasteiger partial charge < -0.3 is 4.57 Å². The van der Waals surface area contributed by atoms with E-state index in [1.54, 1.807) is 12.1 Å². The highest BCUT2D eigenvalue weighted by molar-refractivity contribution is 7.99. The lowest BCUT2D eigenvalue weighted by atomic mass is 10.1. The Kier molecular flexibility index (Phi) is 7.33. The third-order valence-electron chi connectivity index (χ3n) is 6.33. The highest BCUT2D eigenvalue weighted by Gasteiger charge is 2.34. The Morgan fingerprint density at radius 1 is 0.925 bits per heavy atom. The van der Waals surface area contributed by atoms with Crippen LogP contribution in [0.3, 0.4) is 0 Å². The van der Waals surface area contributed by atoms with E-state index in [2.05, 4.69) is 5.32 Å². The number of hydrogen-bond acceptors (Lipinski definition) is 6. The molecule has 1 saturated heterocycles. The molecule has 11 heteroatoms. The Balaban J connectivity index is 1.41. The molecule has 0 aliphatic carbocycles. The number of nitro groups is 1. The largest absolute Gasteiger partial charge is 0.318 e. The Labute approximate surface area is 238 Å². The summed E-state index contributed by atoms with van der Waals surface area (Å²) in [4.78, 5) is 39.5. The number of aromatic nitrogens is 1. The van der Waals surface area contributed by atoms with Gasteiger partial charge in [0, 0.05) is 39.0 Å². The maximum absolute atomic E-state index is 13.4. The number of anilines is 1. The molecule has 0 spiro atoms. The molecule has 1 N–H and O–H groups in total. The third-order valence-corrected chi connectivity index (χ3v) is 7.64. The van der Waals surface area contributed by atoms with E-state index in [9.17, 15) is 24.1 Å². The molecule has 2 heterocycles. The minimum absolute atomic E-state index is 0.0438. The molecule has 1 aliphatic rings. The topological polar surface area (TPSA) is 97.5 Å². The maximum atomic E-state index is 13.4. The van der Waals surface area contributed by atoms with Crippen LogP contribution in [0.2, 0.25) is 0 Å². The van der Waals surface area contributed by atoms with Crippen LogP contribution in [-0.2, 0) is 9.59 Å². The van der Waals surface area contributed by atoms with Gasteiger partial charge in [0.15, 0.2) is 5.11 Å². The molecule has 2 amide bonds. The van der Waals surface area contributed by atoms with Gasteiger partial charge in [0.1, 0.15) is 11.4 Å². The number of halogens is 1. The van der Waals surface area contributed by atoms with Crippen molar-refractivity contribution in [3.63, 3.8) is 0 Å². The van der Waals surface area contributed by atoms with Crippen molar-refractivity contribution in [1.82, 2.24) is 9.88 Å². The van der Waals surface area contributed by atoms with E-state index in [-0.39, 0.29) is 16.4 Å². The van der Waals surface area contributed by atoms with Gasteiger partial charge in [-0.15, -0.1) is 0 Å². The number of non-ortho nitro benzene ring substituents is 1. The molecule has 0 radical (unpaired) electrons. The number of nitro benzene ring substituents is 1. The van der Waals surface area contributed by atoms with Crippen molar-refractivity contribution in [3.8, 4) is 5.69 Å². The molecule has 8 nitrogen and oxygen atoms in total. The molecular weight excluding hydrogens is 551 g/mol. The summed E-state index contributed by atoms with van der Waals surface area (Å²) in [6, 6.07) is 21.4. The zero-order chi connectivity index (χ0) is 28.6. The van der Waals surface area contributed by atoms with E-state index in [1.807, 2.05) is 48.7 Å². The van der Waals surface area contributed by atoms with Crippen molar-refractivity contribution in [2.75, 3.05) is 4.90 Å². The van der Waals surface area contributed by atoms with E-state index < -0.39 is 22.6 Å². The number of amides is 2.